The van der Waals surface area contributed by atoms with E-state index >= 15 is 0 Å². The highest BCUT2D eigenvalue weighted by Crippen LogP contribution is 2.24. The van der Waals surface area contributed by atoms with Crippen LogP contribution in [0.15, 0.2) is 18.2 Å². The van der Waals surface area contributed by atoms with Crippen molar-refractivity contribution in [2.75, 3.05) is 5.75 Å². The van der Waals surface area contributed by atoms with Gasteiger partial charge in [-0.15, -0.1) is 0 Å². The predicted octanol–water partition coefficient (Wildman–Crippen LogP) is 2.00. The summed E-state index contributed by atoms with van der Waals surface area (Å²) in [6.07, 6.45) is 0. The second-order valence-corrected chi connectivity index (χ2v) is 6.82. The Morgan fingerprint density at radius 1 is 1.37 bits per heavy atom. The molecule has 4 nitrogen and oxygen atoms in total. The second kappa shape index (κ2) is 5.61. The molecule has 102 valence electrons. The van der Waals surface area contributed by atoms with Crippen LogP contribution in [0.2, 0.25) is 10.0 Å². The molecule has 7 heteroatoms. The SMILES string of the molecule is C[C@@H]1C(=O)N(Cc2ccc(Cl)cc2Cl)C(=O)C[S@@]1=O. The Kier molecular flexibility index (Phi) is 4.28. The van der Waals surface area contributed by atoms with Gasteiger partial charge >= 0.3 is 0 Å². The van der Waals surface area contributed by atoms with Gasteiger partial charge in [0, 0.05) is 20.8 Å². The molecule has 0 spiro atoms. The fourth-order valence-electron chi connectivity index (χ4n) is 1.77. The van der Waals surface area contributed by atoms with Crippen LogP contribution in [0.25, 0.3) is 0 Å². The topological polar surface area (TPSA) is 54.5 Å². The van der Waals surface area contributed by atoms with Crippen LogP contribution in [0.5, 0.6) is 0 Å². The van der Waals surface area contributed by atoms with Crippen LogP contribution in [0.4, 0.5) is 0 Å². The first-order chi connectivity index (χ1) is 8.90. The first kappa shape index (κ1) is 14.5. The maximum absolute atomic E-state index is 12.0. The Morgan fingerprint density at radius 3 is 2.68 bits per heavy atom. The van der Waals surface area contributed by atoms with Gasteiger partial charge in [-0.3, -0.25) is 18.7 Å². The van der Waals surface area contributed by atoms with E-state index < -0.39 is 27.9 Å². The number of hydrogen-bond donors (Lipinski definition) is 0. The number of rotatable bonds is 2. The normalized spacial score (nSPS) is 23.8. The lowest BCUT2D eigenvalue weighted by Gasteiger charge is -2.28. The lowest BCUT2D eigenvalue weighted by molar-refractivity contribution is -0.144. The number of carbonyl (C=O) groups excluding carboxylic acids is 2. The van der Waals surface area contributed by atoms with Crippen molar-refractivity contribution in [1.82, 2.24) is 4.90 Å². The van der Waals surface area contributed by atoms with Crippen LogP contribution in [-0.2, 0) is 26.9 Å². The average molecular weight is 320 g/mol. The first-order valence-electron chi connectivity index (χ1n) is 5.55. The van der Waals surface area contributed by atoms with E-state index in [2.05, 4.69) is 0 Å². The van der Waals surface area contributed by atoms with Crippen molar-refractivity contribution in [2.24, 2.45) is 0 Å². The predicted molar refractivity (Wildman–Crippen MR) is 74.5 cm³/mol. The summed E-state index contributed by atoms with van der Waals surface area (Å²) in [5.74, 6) is -0.994. The van der Waals surface area contributed by atoms with Crippen LogP contribution in [0.3, 0.4) is 0 Å². The highest BCUT2D eigenvalue weighted by molar-refractivity contribution is 7.87. The molecule has 0 radical (unpaired) electrons. The van der Waals surface area contributed by atoms with Crippen LogP contribution >= 0.6 is 23.2 Å². The molecule has 1 aliphatic rings. The quantitative estimate of drug-likeness (QED) is 0.783. The van der Waals surface area contributed by atoms with Gasteiger partial charge in [0.1, 0.15) is 11.0 Å². The maximum Gasteiger partial charge on any atom is 0.244 e. The van der Waals surface area contributed by atoms with E-state index in [0.29, 0.717) is 15.6 Å². The second-order valence-electron chi connectivity index (χ2n) is 4.22. The fourth-order valence-corrected chi connectivity index (χ4v) is 3.24. The molecule has 1 saturated heterocycles. The van der Waals surface area contributed by atoms with Gasteiger partial charge in [0.15, 0.2) is 0 Å². The molecule has 1 aromatic carbocycles. The number of amides is 2. The summed E-state index contributed by atoms with van der Waals surface area (Å²) in [5.41, 5.74) is 0.632. The lowest BCUT2D eigenvalue weighted by Crippen LogP contribution is -2.51. The van der Waals surface area contributed by atoms with Gasteiger partial charge in [0.05, 0.1) is 6.54 Å². The molecular formula is C12H11Cl2NO3S. The van der Waals surface area contributed by atoms with Gasteiger partial charge in [-0.05, 0) is 24.6 Å². The van der Waals surface area contributed by atoms with Crippen LogP contribution in [-0.4, -0.2) is 31.9 Å². The van der Waals surface area contributed by atoms with Gasteiger partial charge in [0.2, 0.25) is 11.8 Å². The van der Waals surface area contributed by atoms with Gasteiger partial charge in [-0.1, -0.05) is 29.3 Å². The highest BCUT2D eigenvalue weighted by atomic mass is 35.5. The van der Waals surface area contributed by atoms with Crippen molar-refractivity contribution in [3.05, 3.63) is 33.8 Å². The minimum atomic E-state index is -1.43. The van der Waals surface area contributed by atoms with E-state index in [1.807, 2.05) is 0 Å². The molecule has 0 N–H and O–H groups in total. The third kappa shape index (κ3) is 2.99. The Bertz CT molecular complexity index is 576. The van der Waals surface area contributed by atoms with E-state index in [1.165, 1.54) is 0 Å². The average Bonchev–Trinajstić information content (AvgIpc) is 2.34. The molecule has 1 aliphatic heterocycles. The van der Waals surface area contributed by atoms with Crippen molar-refractivity contribution in [2.45, 2.75) is 18.7 Å². The van der Waals surface area contributed by atoms with Crippen LogP contribution in [0.1, 0.15) is 12.5 Å². The molecule has 0 aliphatic carbocycles. The van der Waals surface area contributed by atoms with E-state index in [4.69, 9.17) is 23.2 Å². The Labute approximate surface area is 123 Å². The molecule has 0 bridgehead atoms. The van der Waals surface area contributed by atoms with Crippen molar-refractivity contribution in [3.8, 4) is 0 Å². The van der Waals surface area contributed by atoms with Gasteiger partial charge in [-0.2, -0.15) is 0 Å². The molecule has 0 aromatic heterocycles. The largest absolute Gasteiger partial charge is 0.276 e. The molecule has 2 atom stereocenters. The number of halogens is 2. The van der Waals surface area contributed by atoms with Gasteiger partial charge in [-0.25, -0.2) is 0 Å². The monoisotopic (exact) mass is 319 g/mol. The zero-order valence-corrected chi connectivity index (χ0v) is 12.4. The maximum atomic E-state index is 12.0. The van der Waals surface area contributed by atoms with Crippen molar-refractivity contribution in [1.29, 1.82) is 0 Å². The number of benzene rings is 1. The molecule has 1 fully saturated rings. The van der Waals surface area contributed by atoms with E-state index in [0.717, 1.165) is 4.90 Å². The summed E-state index contributed by atoms with van der Waals surface area (Å²) >= 11 is 11.8. The Hall–Kier alpha value is -0.910. The molecule has 2 amide bonds. The molecule has 0 unspecified atom stereocenters. The molecule has 1 heterocycles. The molecule has 0 saturated carbocycles. The summed E-state index contributed by atoms with van der Waals surface area (Å²) in [6, 6.07) is 4.86. The van der Waals surface area contributed by atoms with Crippen molar-refractivity contribution < 1.29 is 13.8 Å². The van der Waals surface area contributed by atoms with Gasteiger partial charge < -0.3 is 0 Å². The standard InChI is InChI=1S/C12H11Cl2NO3S/c1-7-12(17)15(11(16)6-19(7)18)5-8-2-3-9(13)4-10(8)14/h2-4,7H,5-6H2,1H3/t7-,19+/m1/s1. The van der Waals surface area contributed by atoms with E-state index in [9.17, 15) is 13.8 Å². The third-order valence-corrected chi connectivity index (χ3v) is 5.03. The number of hydrogen-bond acceptors (Lipinski definition) is 3. The molecule has 1 aromatic rings. The summed E-state index contributed by atoms with van der Waals surface area (Å²) in [5, 5.41) is 0.218. The van der Waals surface area contributed by atoms with Crippen LogP contribution in [0, 0.1) is 0 Å². The highest BCUT2D eigenvalue weighted by Gasteiger charge is 2.36. The first-order valence-corrected chi connectivity index (χ1v) is 7.69. The van der Waals surface area contributed by atoms with Gasteiger partial charge in [0.25, 0.3) is 0 Å². The minimum absolute atomic E-state index is 0.0786. The molecular weight excluding hydrogens is 309 g/mol. The molecule has 2 rings (SSSR count). The number of imide groups is 1. The van der Waals surface area contributed by atoms with Crippen molar-refractivity contribution >= 4 is 45.8 Å². The smallest absolute Gasteiger partial charge is 0.244 e. The van der Waals surface area contributed by atoms with Crippen LogP contribution < -0.4 is 0 Å². The lowest BCUT2D eigenvalue weighted by atomic mass is 10.2. The third-order valence-electron chi connectivity index (χ3n) is 2.92. The molecule has 19 heavy (non-hydrogen) atoms. The van der Waals surface area contributed by atoms with E-state index in [-0.39, 0.29) is 12.3 Å². The Balaban J connectivity index is 2.24. The Morgan fingerprint density at radius 2 is 2.05 bits per heavy atom. The summed E-state index contributed by atoms with van der Waals surface area (Å²) in [4.78, 5) is 24.9. The zero-order chi connectivity index (χ0) is 14.2. The fraction of sp³-hybridized carbons (Fsp3) is 0.333. The minimum Gasteiger partial charge on any atom is -0.276 e. The number of nitrogens with zero attached hydrogens (tertiary/aromatic N) is 1. The summed E-state index contributed by atoms with van der Waals surface area (Å²) < 4.78 is 11.5. The summed E-state index contributed by atoms with van der Waals surface area (Å²) in [7, 11) is -1.43. The van der Waals surface area contributed by atoms with E-state index in [1.54, 1.807) is 25.1 Å². The number of carbonyl (C=O) groups is 2. The zero-order valence-electron chi connectivity index (χ0n) is 10.1. The van der Waals surface area contributed by atoms with Crippen molar-refractivity contribution in [3.63, 3.8) is 0 Å². The summed E-state index contributed by atoms with van der Waals surface area (Å²) in [6.45, 7) is 1.64.